The Hall–Kier alpha value is 0.418. The number of aliphatic imine (C=N–C) groups is 1. The first-order valence-corrected chi connectivity index (χ1v) is 20.9. The predicted octanol–water partition coefficient (Wildman–Crippen LogP) is 5.35. The van der Waals surface area contributed by atoms with Crippen LogP contribution >= 0.6 is 0 Å². The fourth-order valence-corrected chi connectivity index (χ4v) is 16.7. The Bertz CT molecular complexity index is 330. The molecule has 4 nitrogen and oxygen atoms in total. The molecule has 0 atom stereocenters. The summed E-state index contributed by atoms with van der Waals surface area (Å²) in [5.41, 5.74) is 0. The van der Waals surface area contributed by atoms with E-state index in [2.05, 4.69) is 70.8 Å². The van der Waals surface area contributed by atoms with E-state index in [1.54, 1.807) is 0 Å². The highest BCUT2D eigenvalue weighted by molar-refractivity contribution is 6.90. The molecule has 0 rings (SSSR count). The smallest absolute Gasteiger partial charge is 0.417 e. The molecule has 0 saturated heterocycles. The molecular formula is C15H39NO3Si4. The van der Waals surface area contributed by atoms with Crippen molar-refractivity contribution in [3.05, 3.63) is 0 Å². The van der Waals surface area contributed by atoms with Crippen molar-refractivity contribution in [2.24, 2.45) is 4.99 Å². The lowest BCUT2D eigenvalue weighted by molar-refractivity contribution is 0.253. The molecule has 0 aliphatic rings. The lowest BCUT2D eigenvalue weighted by Crippen LogP contribution is -2.60. The molecule has 0 aromatic heterocycles. The van der Waals surface area contributed by atoms with Gasteiger partial charge in [-0.2, -0.15) is 0 Å². The van der Waals surface area contributed by atoms with Crippen LogP contribution < -0.4 is 0 Å². The van der Waals surface area contributed by atoms with E-state index >= 15 is 0 Å². The summed E-state index contributed by atoms with van der Waals surface area (Å²) < 4.78 is 19.9. The maximum absolute atomic E-state index is 6.63. The Morgan fingerprint density at radius 1 is 0.739 bits per heavy atom. The van der Waals surface area contributed by atoms with Crippen LogP contribution in [0.5, 0.6) is 0 Å². The summed E-state index contributed by atoms with van der Waals surface area (Å²) in [4.78, 5) is 4.45. The zero-order chi connectivity index (χ0) is 18.4. The average Bonchev–Trinajstić information content (AvgIpc) is 2.20. The van der Waals surface area contributed by atoms with Crippen molar-refractivity contribution in [1.29, 1.82) is 0 Å². The van der Waals surface area contributed by atoms with Crippen molar-refractivity contribution in [1.82, 2.24) is 0 Å². The highest BCUT2D eigenvalue weighted by Gasteiger charge is 2.49. The van der Waals surface area contributed by atoms with Gasteiger partial charge in [-0.05, 0) is 78.0 Å². The molecule has 0 spiro atoms. The van der Waals surface area contributed by atoms with Gasteiger partial charge in [0.1, 0.15) is 0 Å². The molecule has 138 valence electrons. The molecule has 0 saturated carbocycles. The Balaban J connectivity index is 5.36. The van der Waals surface area contributed by atoms with Crippen molar-refractivity contribution < 1.29 is 12.3 Å². The van der Waals surface area contributed by atoms with Gasteiger partial charge in [0, 0.05) is 12.6 Å². The average molecular weight is 394 g/mol. The molecule has 0 amide bonds. The Kier molecular flexibility index (Phi) is 9.38. The second-order valence-electron chi connectivity index (χ2n) is 8.95. The van der Waals surface area contributed by atoms with Gasteiger partial charge >= 0.3 is 8.80 Å². The number of nitrogens with zero attached hydrogens (tertiary/aromatic N) is 1. The summed E-state index contributed by atoms with van der Waals surface area (Å²) in [5.74, 6) is 0. The van der Waals surface area contributed by atoms with E-state index in [1.165, 1.54) is 0 Å². The molecule has 0 fully saturated rings. The zero-order valence-electron chi connectivity index (χ0n) is 17.1. The molecule has 23 heavy (non-hydrogen) atoms. The minimum Gasteiger partial charge on any atom is -0.417 e. The predicted molar refractivity (Wildman–Crippen MR) is 112 cm³/mol. The maximum atomic E-state index is 6.63. The Labute approximate surface area is 148 Å². The van der Waals surface area contributed by atoms with Gasteiger partial charge in [-0.25, -0.2) is 0 Å². The fraction of sp³-hybridized carbons (Fsp3) is 0.933. The van der Waals surface area contributed by atoms with Crippen LogP contribution in [0.25, 0.3) is 0 Å². The zero-order valence-corrected chi connectivity index (χ0v) is 21.1. The normalized spacial score (nSPS) is 14.7. The number of hydrogen-bond donors (Lipinski definition) is 0. The van der Waals surface area contributed by atoms with Gasteiger partial charge in [0.2, 0.25) is 0 Å². The third-order valence-electron chi connectivity index (χ3n) is 2.45. The SMILES string of the molecule is CCCN=CCC[Si](O[Si](C)(C)C)(O[Si](C)(C)C)O[Si](C)(C)C. The standard InChI is InChI=1S/C15H39NO3Si4/c1-11-13-16-14-12-15-23(17-20(2,3)4,18-21(5,6)7)19-22(8,9)10/h14H,11-13,15H2,1-10H3. The van der Waals surface area contributed by atoms with E-state index in [9.17, 15) is 0 Å². The van der Waals surface area contributed by atoms with E-state index in [-0.39, 0.29) is 0 Å². The molecular weight excluding hydrogens is 355 g/mol. The summed E-state index contributed by atoms with van der Waals surface area (Å²) in [6.07, 6.45) is 3.99. The van der Waals surface area contributed by atoms with Crippen molar-refractivity contribution in [2.45, 2.75) is 84.7 Å². The molecule has 0 aliphatic heterocycles. The summed E-state index contributed by atoms with van der Waals surface area (Å²) >= 11 is 0. The van der Waals surface area contributed by atoms with E-state index in [4.69, 9.17) is 12.3 Å². The van der Waals surface area contributed by atoms with Gasteiger partial charge in [0.25, 0.3) is 0 Å². The van der Waals surface area contributed by atoms with Gasteiger partial charge in [-0.15, -0.1) is 0 Å². The minimum absolute atomic E-state index is 0.846. The van der Waals surface area contributed by atoms with Crippen LogP contribution in [0, 0.1) is 0 Å². The first-order valence-electron chi connectivity index (χ1n) is 8.77. The van der Waals surface area contributed by atoms with Crippen molar-refractivity contribution in [2.75, 3.05) is 6.54 Å². The van der Waals surface area contributed by atoms with E-state index in [1.807, 2.05) is 6.21 Å². The lowest BCUT2D eigenvalue weighted by atomic mass is 10.5. The highest BCUT2D eigenvalue weighted by atomic mass is 28.5. The second kappa shape index (κ2) is 9.21. The Morgan fingerprint density at radius 2 is 1.13 bits per heavy atom. The third-order valence-corrected chi connectivity index (χ3v) is 14.4. The first kappa shape index (κ1) is 23.4. The summed E-state index contributed by atoms with van der Waals surface area (Å²) in [7, 11) is -7.94. The third kappa shape index (κ3) is 13.4. The van der Waals surface area contributed by atoms with Gasteiger partial charge in [0.15, 0.2) is 25.0 Å². The molecule has 0 aromatic carbocycles. The van der Waals surface area contributed by atoms with Crippen LogP contribution in [0.4, 0.5) is 0 Å². The molecule has 0 aliphatic carbocycles. The van der Waals surface area contributed by atoms with Crippen LogP contribution in [0.3, 0.4) is 0 Å². The van der Waals surface area contributed by atoms with Gasteiger partial charge in [-0.3, -0.25) is 4.99 Å². The van der Waals surface area contributed by atoms with Crippen LogP contribution in [0.15, 0.2) is 4.99 Å². The van der Waals surface area contributed by atoms with E-state index in [0.717, 1.165) is 25.4 Å². The van der Waals surface area contributed by atoms with Crippen LogP contribution in [-0.2, 0) is 12.3 Å². The van der Waals surface area contributed by atoms with Crippen molar-refractivity contribution >= 4 is 40.0 Å². The van der Waals surface area contributed by atoms with E-state index in [0.29, 0.717) is 0 Å². The summed E-state index contributed by atoms with van der Waals surface area (Å²) in [6, 6.07) is 0.846. The fourth-order valence-electron chi connectivity index (χ4n) is 2.17. The molecule has 0 N–H and O–H groups in total. The van der Waals surface area contributed by atoms with Crippen LogP contribution in [0.2, 0.25) is 65.0 Å². The molecule has 0 heterocycles. The maximum Gasteiger partial charge on any atom is 0.469 e. The molecule has 0 unspecified atom stereocenters. The highest BCUT2D eigenvalue weighted by Crippen LogP contribution is 2.29. The lowest BCUT2D eigenvalue weighted by Gasteiger charge is -2.42. The largest absolute Gasteiger partial charge is 0.469 e. The number of hydrogen-bond acceptors (Lipinski definition) is 4. The quantitative estimate of drug-likeness (QED) is 0.351. The van der Waals surface area contributed by atoms with Crippen LogP contribution in [0.1, 0.15) is 19.8 Å². The second-order valence-corrected chi connectivity index (χ2v) is 25.9. The summed E-state index contributed by atoms with van der Waals surface area (Å²) in [6.45, 7) is 23.1. The first-order chi connectivity index (χ1) is 10.2. The topological polar surface area (TPSA) is 40.0 Å². The number of rotatable bonds is 11. The van der Waals surface area contributed by atoms with Gasteiger partial charge in [-0.1, -0.05) is 6.92 Å². The van der Waals surface area contributed by atoms with E-state index < -0.39 is 33.8 Å². The molecule has 0 aromatic rings. The molecule has 0 bridgehead atoms. The van der Waals surface area contributed by atoms with Crippen molar-refractivity contribution in [3.8, 4) is 0 Å². The van der Waals surface area contributed by atoms with Gasteiger partial charge < -0.3 is 12.3 Å². The minimum atomic E-state index is -2.67. The summed E-state index contributed by atoms with van der Waals surface area (Å²) in [5, 5.41) is 0. The van der Waals surface area contributed by atoms with Crippen molar-refractivity contribution in [3.63, 3.8) is 0 Å². The molecule has 0 radical (unpaired) electrons. The van der Waals surface area contributed by atoms with Gasteiger partial charge in [0.05, 0.1) is 0 Å². The van der Waals surface area contributed by atoms with Crippen LogP contribution in [-0.4, -0.2) is 46.5 Å². The monoisotopic (exact) mass is 393 g/mol. The molecule has 8 heteroatoms. The Morgan fingerprint density at radius 3 is 1.43 bits per heavy atom.